The molecule has 0 aromatic carbocycles. The zero-order valence-electron chi connectivity index (χ0n) is 11.0. The molecule has 3 atom stereocenters. The molecule has 0 radical (unpaired) electrons. The van der Waals surface area contributed by atoms with Crippen molar-refractivity contribution in [2.24, 2.45) is 17.3 Å². The van der Waals surface area contributed by atoms with Crippen LogP contribution in [0.2, 0.25) is 0 Å². The van der Waals surface area contributed by atoms with Gasteiger partial charge in [0.25, 0.3) is 0 Å². The van der Waals surface area contributed by atoms with E-state index in [9.17, 15) is 5.26 Å². The van der Waals surface area contributed by atoms with Gasteiger partial charge in [0, 0.05) is 11.8 Å². The van der Waals surface area contributed by atoms with Crippen molar-refractivity contribution in [2.45, 2.75) is 52.9 Å². The van der Waals surface area contributed by atoms with Crippen LogP contribution in [0, 0.1) is 51.2 Å². The lowest BCUT2D eigenvalue weighted by Crippen LogP contribution is -2.15. The summed E-state index contributed by atoms with van der Waals surface area (Å²) < 4.78 is 0. The van der Waals surface area contributed by atoms with Gasteiger partial charge in [0.2, 0.25) is 0 Å². The molecule has 0 saturated carbocycles. The van der Waals surface area contributed by atoms with Crippen molar-refractivity contribution in [1.29, 1.82) is 15.8 Å². The minimum absolute atomic E-state index is 0.0145. The van der Waals surface area contributed by atoms with E-state index in [1.807, 2.05) is 20.8 Å². The molecule has 0 amide bonds. The Labute approximate surface area is 105 Å². The molecule has 0 aliphatic heterocycles. The molecule has 3 nitrogen and oxygen atoms in total. The Morgan fingerprint density at radius 2 is 1.47 bits per heavy atom. The van der Waals surface area contributed by atoms with Gasteiger partial charge in [-0.2, -0.15) is 15.8 Å². The van der Waals surface area contributed by atoms with E-state index < -0.39 is 0 Å². The lowest BCUT2D eigenvalue weighted by atomic mass is 9.80. The molecule has 0 aromatic heterocycles. The molecule has 0 aromatic rings. The quantitative estimate of drug-likeness (QED) is 0.669. The molecule has 92 valence electrons. The number of rotatable bonds is 7. The van der Waals surface area contributed by atoms with Gasteiger partial charge in [-0.1, -0.05) is 6.42 Å². The number of hydrogen-bond acceptors (Lipinski definition) is 3. The molecule has 3 heteroatoms. The predicted molar refractivity (Wildman–Crippen MR) is 66.4 cm³/mol. The summed E-state index contributed by atoms with van der Waals surface area (Å²) in [6.07, 6.45) is 4.10. The Balaban J connectivity index is 4.09. The second kappa shape index (κ2) is 7.70. The highest BCUT2D eigenvalue weighted by Gasteiger charge is 2.24. The van der Waals surface area contributed by atoms with Gasteiger partial charge in [-0.05, 0) is 46.5 Å². The van der Waals surface area contributed by atoms with Crippen LogP contribution in [-0.2, 0) is 0 Å². The first kappa shape index (κ1) is 15.5. The third-order valence-electron chi connectivity index (χ3n) is 3.21. The van der Waals surface area contributed by atoms with E-state index in [0.717, 1.165) is 32.1 Å². The largest absolute Gasteiger partial charge is 0.198 e. The fourth-order valence-electron chi connectivity index (χ4n) is 1.70. The summed E-state index contributed by atoms with van der Waals surface area (Å²) in [6.45, 7) is 5.74. The second-order valence-electron chi connectivity index (χ2n) is 5.16. The highest BCUT2D eigenvalue weighted by atomic mass is 14.4. The molecule has 3 unspecified atom stereocenters. The van der Waals surface area contributed by atoms with Gasteiger partial charge in [0.05, 0.1) is 23.6 Å². The van der Waals surface area contributed by atoms with Gasteiger partial charge in [-0.3, -0.25) is 0 Å². The normalized spacial score (nSPS) is 16.9. The SMILES string of the molecule is CC(C#N)CCCC(C)(C#N)CCC(C)C#N. The van der Waals surface area contributed by atoms with Crippen molar-refractivity contribution < 1.29 is 0 Å². The second-order valence-corrected chi connectivity index (χ2v) is 5.16. The zero-order valence-corrected chi connectivity index (χ0v) is 11.0. The van der Waals surface area contributed by atoms with Crippen molar-refractivity contribution in [3.8, 4) is 18.2 Å². The van der Waals surface area contributed by atoms with Gasteiger partial charge in [-0.25, -0.2) is 0 Å². The highest BCUT2D eigenvalue weighted by molar-refractivity contribution is 4.96. The summed E-state index contributed by atoms with van der Waals surface area (Å²) in [7, 11) is 0. The molecule has 0 saturated heterocycles. The maximum absolute atomic E-state index is 9.20. The van der Waals surface area contributed by atoms with Gasteiger partial charge in [0.15, 0.2) is 0 Å². The molecule has 0 aliphatic carbocycles. The van der Waals surface area contributed by atoms with E-state index >= 15 is 0 Å². The lowest BCUT2D eigenvalue weighted by molar-refractivity contribution is 0.329. The van der Waals surface area contributed by atoms with Gasteiger partial charge >= 0.3 is 0 Å². The average Bonchev–Trinajstić information content (AvgIpc) is 2.35. The van der Waals surface area contributed by atoms with Crippen LogP contribution in [-0.4, -0.2) is 0 Å². The fraction of sp³-hybridized carbons (Fsp3) is 0.786. The van der Waals surface area contributed by atoms with E-state index in [1.54, 1.807) is 0 Å². The average molecular weight is 231 g/mol. The monoisotopic (exact) mass is 231 g/mol. The molecule has 0 bridgehead atoms. The van der Waals surface area contributed by atoms with Crippen molar-refractivity contribution in [1.82, 2.24) is 0 Å². The van der Waals surface area contributed by atoms with Gasteiger partial charge in [-0.15, -0.1) is 0 Å². The fourth-order valence-corrected chi connectivity index (χ4v) is 1.70. The van der Waals surface area contributed by atoms with Crippen LogP contribution in [0.25, 0.3) is 0 Å². The topological polar surface area (TPSA) is 71.4 Å². The van der Waals surface area contributed by atoms with E-state index in [1.165, 1.54) is 0 Å². The van der Waals surface area contributed by atoms with Gasteiger partial charge in [0.1, 0.15) is 0 Å². The van der Waals surface area contributed by atoms with Crippen LogP contribution in [0.15, 0.2) is 0 Å². The Hall–Kier alpha value is -1.53. The first-order valence-corrected chi connectivity index (χ1v) is 6.18. The summed E-state index contributed by atoms with van der Waals surface area (Å²) in [4.78, 5) is 0. The smallest absolute Gasteiger partial charge is 0.0686 e. The summed E-state index contributed by atoms with van der Waals surface area (Å²) in [5, 5.41) is 26.6. The van der Waals surface area contributed by atoms with E-state index in [4.69, 9.17) is 10.5 Å². The van der Waals surface area contributed by atoms with Crippen molar-refractivity contribution in [2.75, 3.05) is 0 Å². The number of nitrogens with zero attached hydrogens (tertiary/aromatic N) is 3. The van der Waals surface area contributed by atoms with Crippen molar-refractivity contribution in [3.63, 3.8) is 0 Å². The van der Waals surface area contributed by atoms with Crippen LogP contribution in [0.4, 0.5) is 0 Å². The maximum Gasteiger partial charge on any atom is 0.0686 e. The van der Waals surface area contributed by atoms with Crippen LogP contribution in [0.5, 0.6) is 0 Å². The number of hydrogen-bond donors (Lipinski definition) is 0. The van der Waals surface area contributed by atoms with E-state index in [0.29, 0.717) is 0 Å². The van der Waals surface area contributed by atoms with Crippen LogP contribution >= 0.6 is 0 Å². The summed E-state index contributed by atoms with van der Waals surface area (Å²) in [6, 6.07) is 6.75. The Bertz CT molecular complexity index is 342. The molecule has 0 N–H and O–H groups in total. The maximum atomic E-state index is 9.20. The molecule has 0 fully saturated rings. The summed E-state index contributed by atoms with van der Waals surface area (Å²) >= 11 is 0. The molecule has 17 heavy (non-hydrogen) atoms. The zero-order chi connectivity index (χ0) is 13.3. The third kappa shape index (κ3) is 6.60. The first-order valence-electron chi connectivity index (χ1n) is 6.18. The molecule has 0 rings (SSSR count). The highest BCUT2D eigenvalue weighted by Crippen LogP contribution is 2.31. The standard InChI is InChI=1S/C14H21N3/c1-12(9-15)5-4-7-14(3,11-17)8-6-13(2)10-16/h12-13H,4-8H2,1-3H3. The summed E-state index contributed by atoms with van der Waals surface area (Å²) in [5.74, 6) is 0.0803. The summed E-state index contributed by atoms with van der Waals surface area (Å²) in [5.41, 5.74) is -0.347. The lowest BCUT2D eigenvalue weighted by Gasteiger charge is -2.22. The predicted octanol–water partition coefficient (Wildman–Crippen LogP) is 3.79. The van der Waals surface area contributed by atoms with Crippen LogP contribution in [0.1, 0.15) is 52.9 Å². The van der Waals surface area contributed by atoms with Crippen LogP contribution < -0.4 is 0 Å². The van der Waals surface area contributed by atoms with Crippen molar-refractivity contribution >= 4 is 0 Å². The third-order valence-corrected chi connectivity index (χ3v) is 3.21. The van der Waals surface area contributed by atoms with Gasteiger partial charge < -0.3 is 0 Å². The molecular formula is C14H21N3. The Morgan fingerprint density at radius 3 is 1.94 bits per heavy atom. The first-order chi connectivity index (χ1) is 7.97. The minimum atomic E-state index is -0.347. The number of nitriles is 3. The molecule has 0 heterocycles. The minimum Gasteiger partial charge on any atom is -0.198 e. The molecular weight excluding hydrogens is 210 g/mol. The molecule has 0 spiro atoms. The van der Waals surface area contributed by atoms with Crippen LogP contribution in [0.3, 0.4) is 0 Å². The Kier molecular flexibility index (Phi) is 7.00. The van der Waals surface area contributed by atoms with Crippen molar-refractivity contribution in [3.05, 3.63) is 0 Å². The van der Waals surface area contributed by atoms with E-state index in [-0.39, 0.29) is 17.3 Å². The Morgan fingerprint density at radius 1 is 0.941 bits per heavy atom. The molecule has 0 aliphatic rings. The van der Waals surface area contributed by atoms with E-state index in [2.05, 4.69) is 18.2 Å².